The van der Waals surface area contributed by atoms with Gasteiger partial charge in [0.15, 0.2) is 0 Å². The first-order chi connectivity index (χ1) is 13.8. The highest BCUT2D eigenvalue weighted by molar-refractivity contribution is 5.83. The van der Waals surface area contributed by atoms with Crippen LogP contribution in [-0.4, -0.2) is 30.2 Å². The van der Waals surface area contributed by atoms with Gasteiger partial charge in [0, 0.05) is 29.7 Å². The molecule has 2 aromatic carbocycles. The Balaban J connectivity index is 1.15. The summed E-state index contributed by atoms with van der Waals surface area (Å²) in [7, 11) is 0. The first-order valence-electron chi connectivity index (χ1n) is 10.2. The number of hydrogen-bond acceptors (Lipinski definition) is 3. The number of hydrogen-bond donors (Lipinski definition) is 3. The van der Waals surface area contributed by atoms with Crippen molar-refractivity contribution in [1.29, 1.82) is 0 Å². The topological polar surface area (TPSA) is 49.1 Å². The molecule has 1 aromatic heterocycles. The highest BCUT2D eigenvalue weighted by atomic mass is 19.1. The minimum atomic E-state index is -0.160. The van der Waals surface area contributed by atoms with Crippen LogP contribution in [0.25, 0.3) is 10.9 Å². The number of para-hydroxylation sites is 2. The average molecular weight is 379 g/mol. The molecule has 1 fully saturated rings. The number of ether oxygens (including phenoxy) is 1. The van der Waals surface area contributed by atoms with Crippen LogP contribution >= 0.6 is 0 Å². The van der Waals surface area contributed by atoms with Gasteiger partial charge < -0.3 is 20.4 Å². The van der Waals surface area contributed by atoms with E-state index in [9.17, 15) is 4.39 Å². The average Bonchev–Trinajstić information content (AvgIpc) is 3.15. The van der Waals surface area contributed by atoms with Crippen molar-refractivity contribution < 1.29 is 9.13 Å². The van der Waals surface area contributed by atoms with Gasteiger partial charge in [-0.2, -0.15) is 0 Å². The summed E-state index contributed by atoms with van der Waals surface area (Å²) in [4.78, 5) is 3.30. The maximum atomic E-state index is 13.7. The minimum Gasteiger partial charge on any atom is -0.489 e. The van der Waals surface area contributed by atoms with E-state index in [2.05, 4.69) is 27.9 Å². The van der Waals surface area contributed by atoms with E-state index in [1.165, 1.54) is 11.6 Å². The number of H-pyrrole nitrogens is 1. The first-order valence-corrected chi connectivity index (χ1v) is 10.2. The van der Waals surface area contributed by atoms with Gasteiger partial charge in [0.25, 0.3) is 0 Å². The van der Waals surface area contributed by atoms with Crippen molar-refractivity contribution in [3.05, 3.63) is 60.0 Å². The fourth-order valence-corrected chi connectivity index (χ4v) is 4.64. The summed E-state index contributed by atoms with van der Waals surface area (Å²) in [5, 5.41) is 8.33. The summed E-state index contributed by atoms with van der Waals surface area (Å²) in [5.74, 6) is 1.29. The molecule has 1 aliphatic heterocycles. The highest BCUT2D eigenvalue weighted by Crippen LogP contribution is 2.37. The fraction of sp³-hybridized carbons (Fsp3) is 0.391. The van der Waals surface area contributed by atoms with Crippen LogP contribution in [0.2, 0.25) is 0 Å². The quantitative estimate of drug-likeness (QED) is 0.610. The van der Waals surface area contributed by atoms with Crippen molar-refractivity contribution in [1.82, 2.24) is 10.3 Å². The normalized spacial score (nSPS) is 24.4. The van der Waals surface area contributed by atoms with Gasteiger partial charge in [-0.3, -0.25) is 0 Å². The third-order valence-corrected chi connectivity index (χ3v) is 6.18. The Morgan fingerprint density at radius 3 is 2.82 bits per heavy atom. The van der Waals surface area contributed by atoms with Gasteiger partial charge in [0.2, 0.25) is 0 Å². The summed E-state index contributed by atoms with van der Waals surface area (Å²) in [6, 6.07) is 14.0. The van der Waals surface area contributed by atoms with Gasteiger partial charge in [0.1, 0.15) is 18.2 Å². The van der Waals surface area contributed by atoms with Gasteiger partial charge in [-0.05, 0) is 67.5 Å². The van der Waals surface area contributed by atoms with Crippen LogP contribution in [0.15, 0.2) is 48.7 Å². The van der Waals surface area contributed by atoms with E-state index < -0.39 is 0 Å². The van der Waals surface area contributed by atoms with Crippen molar-refractivity contribution in [2.45, 2.75) is 43.7 Å². The van der Waals surface area contributed by atoms with E-state index in [4.69, 9.17) is 4.74 Å². The van der Waals surface area contributed by atoms with Crippen LogP contribution in [0.5, 0.6) is 5.75 Å². The van der Waals surface area contributed by atoms with E-state index in [1.54, 1.807) is 6.07 Å². The lowest BCUT2D eigenvalue weighted by molar-refractivity contribution is 0.267. The predicted octanol–water partition coefficient (Wildman–Crippen LogP) is 4.80. The molecular weight excluding hydrogens is 353 g/mol. The Kier molecular flexibility index (Phi) is 4.69. The van der Waals surface area contributed by atoms with E-state index in [0.717, 1.165) is 54.6 Å². The zero-order valence-electron chi connectivity index (χ0n) is 15.9. The number of fused-ring (bicyclic) bond motifs is 2. The van der Waals surface area contributed by atoms with Gasteiger partial charge in [-0.25, -0.2) is 4.39 Å². The molecule has 0 radical (unpaired) electrons. The summed E-state index contributed by atoms with van der Waals surface area (Å²) < 4.78 is 19.5. The smallest absolute Gasteiger partial charge is 0.142 e. The van der Waals surface area contributed by atoms with E-state index >= 15 is 0 Å². The minimum absolute atomic E-state index is 0.160. The molecule has 4 nitrogen and oxygen atoms in total. The van der Waals surface area contributed by atoms with Crippen LogP contribution in [0.4, 0.5) is 10.1 Å². The van der Waals surface area contributed by atoms with E-state index in [1.807, 2.05) is 24.3 Å². The molecular formula is C23H26FN3O. The second-order valence-electron chi connectivity index (χ2n) is 8.04. The van der Waals surface area contributed by atoms with Crippen LogP contribution in [0, 0.1) is 5.82 Å². The fourth-order valence-electron chi connectivity index (χ4n) is 4.64. The molecule has 5 rings (SSSR count). The lowest BCUT2D eigenvalue weighted by Crippen LogP contribution is -2.44. The van der Waals surface area contributed by atoms with Crippen molar-refractivity contribution >= 4 is 16.6 Å². The predicted molar refractivity (Wildman–Crippen MR) is 111 cm³/mol. The lowest BCUT2D eigenvalue weighted by Gasteiger charge is -2.32. The molecule has 0 saturated heterocycles. The molecule has 2 aliphatic rings. The summed E-state index contributed by atoms with van der Waals surface area (Å²) in [5.41, 5.74) is 3.38. The van der Waals surface area contributed by atoms with Gasteiger partial charge in [-0.1, -0.05) is 12.1 Å². The van der Waals surface area contributed by atoms with E-state index in [0.29, 0.717) is 24.6 Å². The SMILES string of the molecule is Fc1ccc2[nH]cc(C3CCC(NCC4COc5ccccc5N4)CC3)c2c1. The maximum Gasteiger partial charge on any atom is 0.142 e. The number of halogens is 1. The lowest BCUT2D eigenvalue weighted by atomic mass is 9.81. The number of aromatic amines is 1. The molecule has 28 heavy (non-hydrogen) atoms. The Morgan fingerprint density at radius 1 is 1.07 bits per heavy atom. The van der Waals surface area contributed by atoms with E-state index in [-0.39, 0.29) is 5.82 Å². The van der Waals surface area contributed by atoms with Crippen LogP contribution in [-0.2, 0) is 0 Å². The molecule has 3 aromatic rings. The molecule has 2 heterocycles. The zero-order chi connectivity index (χ0) is 18.9. The highest BCUT2D eigenvalue weighted by Gasteiger charge is 2.25. The maximum absolute atomic E-state index is 13.7. The van der Waals surface area contributed by atoms with Crippen molar-refractivity contribution in [3.8, 4) is 5.75 Å². The van der Waals surface area contributed by atoms with Crippen LogP contribution in [0.3, 0.4) is 0 Å². The Bertz CT molecular complexity index is 961. The van der Waals surface area contributed by atoms with Gasteiger partial charge in [0.05, 0.1) is 11.7 Å². The standard InChI is InChI=1S/C23H26FN3O/c24-16-7-10-21-19(11-16)20(13-26-21)15-5-8-17(9-6-15)25-12-18-14-28-23-4-2-1-3-22(23)27-18/h1-4,7,10-11,13,15,17-18,25-27H,5-6,8-9,12,14H2. The largest absolute Gasteiger partial charge is 0.489 e. The Hall–Kier alpha value is -2.53. The van der Waals surface area contributed by atoms with Crippen molar-refractivity contribution in [2.75, 3.05) is 18.5 Å². The molecule has 3 N–H and O–H groups in total. The third-order valence-electron chi connectivity index (χ3n) is 6.18. The Morgan fingerprint density at radius 2 is 1.93 bits per heavy atom. The zero-order valence-corrected chi connectivity index (χ0v) is 15.9. The second-order valence-corrected chi connectivity index (χ2v) is 8.04. The molecule has 1 saturated carbocycles. The number of anilines is 1. The molecule has 1 atom stereocenters. The summed E-state index contributed by atoms with van der Waals surface area (Å²) in [6.45, 7) is 1.60. The van der Waals surface area contributed by atoms with Gasteiger partial charge >= 0.3 is 0 Å². The number of nitrogens with one attached hydrogen (secondary N) is 3. The molecule has 5 heteroatoms. The summed E-state index contributed by atoms with van der Waals surface area (Å²) in [6.07, 6.45) is 6.65. The number of rotatable bonds is 4. The molecule has 146 valence electrons. The first kappa shape index (κ1) is 17.6. The number of aromatic nitrogens is 1. The third kappa shape index (κ3) is 3.47. The molecule has 0 bridgehead atoms. The Labute approximate surface area is 164 Å². The molecule has 0 spiro atoms. The number of benzene rings is 2. The van der Waals surface area contributed by atoms with Crippen LogP contribution in [0.1, 0.15) is 37.2 Å². The summed E-state index contributed by atoms with van der Waals surface area (Å²) >= 11 is 0. The molecule has 1 unspecified atom stereocenters. The van der Waals surface area contributed by atoms with Crippen molar-refractivity contribution in [2.24, 2.45) is 0 Å². The molecule has 0 amide bonds. The second kappa shape index (κ2) is 7.47. The van der Waals surface area contributed by atoms with Gasteiger partial charge in [-0.15, -0.1) is 0 Å². The monoisotopic (exact) mass is 379 g/mol. The molecule has 1 aliphatic carbocycles. The van der Waals surface area contributed by atoms with Crippen molar-refractivity contribution in [3.63, 3.8) is 0 Å². The van der Waals surface area contributed by atoms with Crippen LogP contribution < -0.4 is 15.4 Å².